The second-order valence-electron chi connectivity index (χ2n) is 8.84. The lowest BCUT2D eigenvalue weighted by Gasteiger charge is -2.25. The van der Waals surface area contributed by atoms with Gasteiger partial charge in [-0.15, -0.1) is 0 Å². The van der Waals surface area contributed by atoms with Crippen molar-refractivity contribution in [2.75, 3.05) is 19.0 Å². The number of hydrogen-bond donors (Lipinski definition) is 2. The molecular formula is C30H27N3O5S. The van der Waals surface area contributed by atoms with Crippen molar-refractivity contribution >= 4 is 29.0 Å². The van der Waals surface area contributed by atoms with Crippen molar-refractivity contribution in [2.24, 2.45) is 4.99 Å². The van der Waals surface area contributed by atoms with Crippen molar-refractivity contribution in [2.45, 2.75) is 19.9 Å². The van der Waals surface area contributed by atoms with Crippen LogP contribution in [0.1, 0.15) is 31.0 Å². The lowest BCUT2D eigenvalue weighted by atomic mass is 9.95. The second-order valence-corrected chi connectivity index (χ2v) is 9.85. The highest BCUT2D eigenvalue weighted by Crippen LogP contribution is 2.32. The van der Waals surface area contributed by atoms with Gasteiger partial charge in [0.15, 0.2) is 16.3 Å². The van der Waals surface area contributed by atoms with Crippen LogP contribution in [-0.4, -0.2) is 29.3 Å². The van der Waals surface area contributed by atoms with E-state index < -0.39 is 6.04 Å². The fourth-order valence-corrected chi connectivity index (χ4v) is 5.55. The average Bonchev–Trinajstić information content (AvgIpc) is 3.24. The maximum absolute atomic E-state index is 13.9. The molecule has 1 unspecified atom stereocenters. The van der Waals surface area contributed by atoms with E-state index in [0.717, 1.165) is 5.56 Å². The van der Waals surface area contributed by atoms with Gasteiger partial charge in [0.1, 0.15) is 5.75 Å². The minimum absolute atomic E-state index is 0.0261. The first kappa shape index (κ1) is 26.0. The van der Waals surface area contributed by atoms with E-state index in [-0.39, 0.29) is 17.2 Å². The van der Waals surface area contributed by atoms with Gasteiger partial charge < -0.3 is 19.9 Å². The van der Waals surface area contributed by atoms with Crippen molar-refractivity contribution in [3.05, 3.63) is 115 Å². The third-order valence-corrected chi connectivity index (χ3v) is 7.27. The second kappa shape index (κ2) is 11.0. The van der Waals surface area contributed by atoms with Gasteiger partial charge in [-0.3, -0.25) is 14.2 Å². The van der Waals surface area contributed by atoms with Crippen LogP contribution in [-0.2, 0) is 4.79 Å². The van der Waals surface area contributed by atoms with E-state index in [1.165, 1.54) is 17.4 Å². The molecule has 0 spiro atoms. The van der Waals surface area contributed by atoms with Crippen molar-refractivity contribution < 1.29 is 19.4 Å². The summed E-state index contributed by atoms with van der Waals surface area (Å²) in [4.78, 5) is 32.7. The maximum atomic E-state index is 13.9. The molecule has 4 aromatic rings. The van der Waals surface area contributed by atoms with Gasteiger partial charge in [0.25, 0.3) is 11.5 Å². The highest BCUT2D eigenvalue weighted by Gasteiger charge is 2.32. The number of thiazole rings is 1. The zero-order chi connectivity index (χ0) is 27.5. The van der Waals surface area contributed by atoms with E-state index in [0.29, 0.717) is 50.0 Å². The summed E-state index contributed by atoms with van der Waals surface area (Å²) in [6.07, 6.45) is 1.73. The van der Waals surface area contributed by atoms with Gasteiger partial charge in [-0.05, 0) is 67.4 Å². The van der Waals surface area contributed by atoms with Gasteiger partial charge >= 0.3 is 0 Å². The highest BCUT2D eigenvalue weighted by atomic mass is 32.1. The zero-order valence-electron chi connectivity index (χ0n) is 21.7. The number of hydrogen-bond acceptors (Lipinski definition) is 7. The number of anilines is 1. The van der Waals surface area contributed by atoms with Crippen LogP contribution in [0, 0.1) is 0 Å². The first-order valence-corrected chi connectivity index (χ1v) is 13.2. The van der Waals surface area contributed by atoms with Crippen molar-refractivity contribution in [1.82, 2.24) is 4.57 Å². The van der Waals surface area contributed by atoms with Crippen LogP contribution in [0.4, 0.5) is 5.69 Å². The standard InChI is InChI=1S/C30H27N3O5S/c1-4-38-24-15-19(13-14-23(24)34)16-25-29(36)33-27(20-9-8-12-22(17-20)37-3)26(18(2)31-30(33)39-25)28(35)32-21-10-6-5-7-11-21/h5-17,27,34H,4H2,1-3H3,(H,32,35). The Labute approximate surface area is 228 Å². The summed E-state index contributed by atoms with van der Waals surface area (Å²) in [6, 6.07) is 20.7. The first-order chi connectivity index (χ1) is 18.9. The molecule has 5 rings (SSSR count). The molecule has 2 heterocycles. The Morgan fingerprint density at radius 3 is 2.67 bits per heavy atom. The molecule has 0 saturated heterocycles. The van der Waals surface area contributed by atoms with Gasteiger partial charge in [0.05, 0.1) is 35.6 Å². The fourth-order valence-electron chi connectivity index (χ4n) is 4.50. The van der Waals surface area contributed by atoms with Crippen molar-refractivity contribution in [3.63, 3.8) is 0 Å². The molecule has 1 aliphatic heterocycles. The topological polar surface area (TPSA) is 102 Å². The number of ether oxygens (including phenoxy) is 2. The number of nitrogens with one attached hydrogen (secondary N) is 1. The monoisotopic (exact) mass is 541 g/mol. The van der Waals surface area contributed by atoms with Gasteiger partial charge in [-0.1, -0.05) is 47.7 Å². The number of rotatable bonds is 7. The number of carbonyl (C=O) groups is 1. The van der Waals surface area contributed by atoms with Crippen LogP contribution in [0.25, 0.3) is 6.08 Å². The van der Waals surface area contributed by atoms with Crippen molar-refractivity contribution in [1.29, 1.82) is 0 Å². The maximum Gasteiger partial charge on any atom is 0.271 e. The number of methoxy groups -OCH3 is 1. The molecule has 8 nitrogen and oxygen atoms in total. The van der Waals surface area contributed by atoms with Crippen LogP contribution >= 0.6 is 11.3 Å². The summed E-state index contributed by atoms with van der Waals surface area (Å²) in [7, 11) is 1.57. The number of benzene rings is 3. The first-order valence-electron chi connectivity index (χ1n) is 12.4. The Morgan fingerprint density at radius 2 is 1.92 bits per heavy atom. The Kier molecular flexibility index (Phi) is 7.33. The van der Waals surface area contributed by atoms with E-state index >= 15 is 0 Å². The summed E-state index contributed by atoms with van der Waals surface area (Å²) in [5, 5.41) is 13.0. The van der Waals surface area contributed by atoms with Crippen molar-refractivity contribution in [3.8, 4) is 17.2 Å². The fraction of sp³-hybridized carbons (Fsp3) is 0.167. The van der Waals surface area contributed by atoms with Gasteiger partial charge in [-0.2, -0.15) is 0 Å². The quantitative estimate of drug-likeness (QED) is 0.369. The highest BCUT2D eigenvalue weighted by molar-refractivity contribution is 7.07. The molecule has 9 heteroatoms. The number of aromatic nitrogens is 1. The number of carbonyl (C=O) groups excluding carboxylic acids is 1. The predicted molar refractivity (Wildman–Crippen MR) is 151 cm³/mol. The summed E-state index contributed by atoms with van der Waals surface area (Å²) >= 11 is 1.24. The molecule has 0 radical (unpaired) electrons. The Hall–Kier alpha value is -4.63. The number of aromatic hydroxyl groups is 1. The SMILES string of the molecule is CCOc1cc(C=c2sc3n(c2=O)C(c2cccc(OC)c2)C(C(=O)Nc2ccccc2)=C(C)N=3)ccc1O. The number of para-hydroxylation sites is 1. The summed E-state index contributed by atoms with van der Waals surface area (Å²) < 4.78 is 12.9. The zero-order valence-corrected chi connectivity index (χ0v) is 22.5. The predicted octanol–water partition coefficient (Wildman–Crippen LogP) is 3.99. The van der Waals surface area contributed by atoms with Gasteiger partial charge in [0.2, 0.25) is 0 Å². The van der Waals surface area contributed by atoms with Gasteiger partial charge in [-0.25, -0.2) is 4.99 Å². The number of phenolic OH excluding ortho intramolecular Hbond substituents is 1. The number of phenols is 1. The Bertz CT molecular complexity index is 1760. The summed E-state index contributed by atoms with van der Waals surface area (Å²) in [5.41, 5.74) is 2.66. The largest absolute Gasteiger partial charge is 0.504 e. The molecule has 1 amide bonds. The molecule has 0 aliphatic carbocycles. The van der Waals surface area contributed by atoms with E-state index in [4.69, 9.17) is 9.47 Å². The molecule has 3 aromatic carbocycles. The number of nitrogens with zero attached hydrogens (tertiary/aromatic N) is 2. The van der Waals surface area contributed by atoms with E-state index in [2.05, 4.69) is 10.3 Å². The molecule has 0 fully saturated rings. The van der Waals surface area contributed by atoms with Gasteiger partial charge in [0, 0.05) is 5.69 Å². The minimum Gasteiger partial charge on any atom is -0.504 e. The van der Waals surface area contributed by atoms with Crippen LogP contribution in [0.2, 0.25) is 0 Å². The van der Waals surface area contributed by atoms with E-state index in [9.17, 15) is 14.7 Å². The number of fused-ring (bicyclic) bond motifs is 1. The Morgan fingerprint density at radius 1 is 1.13 bits per heavy atom. The lowest BCUT2D eigenvalue weighted by Crippen LogP contribution is -2.40. The van der Waals surface area contributed by atoms with Crippen LogP contribution in [0.5, 0.6) is 17.2 Å². The third kappa shape index (κ3) is 5.21. The molecule has 2 N–H and O–H groups in total. The lowest BCUT2D eigenvalue weighted by molar-refractivity contribution is -0.113. The molecule has 1 aliphatic rings. The number of allylic oxidation sites excluding steroid dienone is 1. The van der Waals surface area contributed by atoms with E-state index in [1.807, 2.05) is 49.4 Å². The molecule has 1 aromatic heterocycles. The molecule has 198 valence electrons. The van der Waals surface area contributed by atoms with E-state index in [1.54, 1.807) is 48.9 Å². The van der Waals surface area contributed by atoms with Crippen LogP contribution < -0.4 is 29.7 Å². The smallest absolute Gasteiger partial charge is 0.271 e. The average molecular weight is 542 g/mol. The molecular weight excluding hydrogens is 514 g/mol. The molecule has 0 bridgehead atoms. The summed E-state index contributed by atoms with van der Waals surface area (Å²) in [6.45, 7) is 4.00. The number of amides is 1. The molecule has 1 atom stereocenters. The molecule has 39 heavy (non-hydrogen) atoms. The third-order valence-electron chi connectivity index (χ3n) is 6.29. The van der Waals surface area contributed by atoms with Crippen LogP contribution in [0.3, 0.4) is 0 Å². The normalized spacial score (nSPS) is 14.9. The summed E-state index contributed by atoms with van der Waals surface area (Å²) in [5.74, 6) is 0.631. The Balaban J connectivity index is 1.67. The van der Waals surface area contributed by atoms with Crippen LogP contribution in [0.15, 0.2) is 93.9 Å². The molecule has 0 saturated carbocycles. The minimum atomic E-state index is -0.721.